The fourth-order valence-electron chi connectivity index (χ4n) is 3.48. The van der Waals surface area contributed by atoms with E-state index >= 15 is 0 Å². The number of hydrogen-bond donors (Lipinski definition) is 1. The van der Waals surface area contributed by atoms with Gasteiger partial charge in [0.2, 0.25) is 0 Å². The van der Waals surface area contributed by atoms with Gasteiger partial charge in [-0.3, -0.25) is 14.4 Å². The zero-order valence-corrected chi connectivity index (χ0v) is 20.7. The van der Waals surface area contributed by atoms with Crippen molar-refractivity contribution in [1.29, 1.82) is 0 Å². The molecule has 3 atom stereocenters. The molecule has 1 aromatic rings. The number of hydrogen-bond acceptors (Lipinski definition) is 7. The molecule has 180 valence electrons. The van der Waals surface area contributed by atoms with E-state index in [4.69, 9.17) is 14.2 Å². The van der Waals surface area contributed by atoms with E-state index in [0.29, 0.717) is 5.56 Å². The largest absolute Gasteiger partial charge is 0.468 e. The molecule has 0 saturated carbocycles. The lowest BCUT2D eigenvalue weighted by molar-refractivity contribution is -0.195. The molecule has 0 aromatic heterocycles. The smallest absolute Gasteiger partial charge is 0.327 e. The van der Waals surface area contributed by atoms with Gasteiger partial charge in [0.1, 0.15) is 11.2 Å². The average molecular weight is 451 g/mol. The minimum absolute atomic E-state index is 0.206. The standard InChI is InChI=1S/C25H38O7/c1-16(2)18(20(27)31-23(3,4)5)19(26)25(21(28)30-9,22(29)32-24(6,7)8)15-17-13-11-10-12-14-17/h10-14,16,18-19,26H,15H2,1-9H3/t18-,19?,25-/m1/s1. The highest BCUT2D eigenvalue weighted by atomic mass is 16.6. The molecule has 32 heavy (non-hydrogen) atoms. The maximum absolute atomic E-state index is 13.5. The fourth-order valence-corrected chi connectivity index (χ4v) is 3.48. The molecule has 0 fully saturated rings. The molecule has 1 unspecified atom stereocenters. The van der Waals surface area contributed by atoms with Crippen LogP contribution in [-0.2, 0) is 35.0 Å². The third-order valence-corrected chi connectivity index (χ3v) is 4.88. The highest BCUT2D eigenvalue weighted by Gasteiger charge is 2.59. The highest BCUT2D eigenvalue weighted by molar-refractivity contribution is 6.02. The highest BCUT2D eigenvalue weighted by Crippen LogP contribution is 2.39. The molecule has 0 bridgehead atoms. The Kier molecular flexibility index (Phi) is 9.04. The third-order valence-electron chi connectivity index (χ3n) is 4.88. The number of methoxy groups -OCH3 is 1. The monoisotopic (exact) mass is 450 g/mol. The normalized spacial score (nSPS) is 16.0. The summed E-state index contributed by atoms with van der Waals surface area (Å²) in [5.41, 5.74) is -3.32. The van der Waals surface area contributed by atoms with Crippen LogP contribution in [0.3, 0.4) is 0 Å². The summed E-state index contributed by atoms with van der Waals surface area (Å²) in [5, 5.41) is 11.6. The number of carbonyl (C=O) groups is 3. The Morgan fingerprint density at radius 1 is 0.875 bits per heavy atom. The average Bonchev–Trinajstić information content (AvgIpc) is 2.63. The first-order chi connectivity index (χ1) is 14.5. The van der Waals surface area contributed by atoms with Crippen LogP contribution in [0.5, 0.6) is 0 Å². The van der Waals surface area contributed by atoms with Crippen molar-refractivity contribution in [2.45, 2.75) is 79.1 Å². The summed E-state index contributed by atoms with van der Waals surface area (Å²) < 4.78 is 16.1. The van der Waals surface area contributed by atoms with Crippen LogP contribution in [0.4, 0.5) is 0 Å². The molecule has 0 heterocycles. The van der Waals surface area contributed by atoms with E-state index in [1.54, 1.807) is 85.7 Å². The summed E-state index contributed by atoms with van der Waals surface area (Å²) in [6.45, 7) is 13.6. The molecule has 7 nitrogen and oxygen atoms in total. The first-order valence-corrected chi connectivity index (χ1v) is 10.8. The zero-order chi connectivity index (χ0) is 24.9. The number of carbonyl (C=O) groups excluding carboxylic acids is 3. The van der Waals surface area contributed by atoms with Gasteiger partial charge in [-0.2, -0.15) is 0 Å². The minimum atomic E-state index is -2.17. The SMILES string of the molecule is COC(=O)[C@](Cc1ccccc1)(C(=O)OC(C)(C)C)C(O)[C@H](C(=O)OC(C)(C)C)C(C)C. The van der Waals surface area contributed by atoms with Gasteiger partial charge in [0.05, 0.1) is 19.1 Å². The summed E-state index contributed by atoms with van der Waals surface area (Å²) >= 11 is 0. The number of ether oxygens (including phenoxy) is 3. The van der Waals surface area contributed by atoms with E-state index in [-0.39, 0.29) is 6.42 Å². The predicted octanol–water partition coefficient (Wildman–Crippen LogP) is 3.71. The summed E-state index contributed by atoms with van der Waals surface area (Å²) in [7, 11) is 1.14. The second-order valence-corrected chi connectivity index (χ2v) is 10.4. The van der Waals surface area contributed by atoms with Crippen LogP contribution in [-0.4, -0.2) is 47.4 Å². The van der Waals surface area contributed by atoms with Crippen LogP contribution < -0.4 is 0 Å². The topological polar surface area (TPSA) is 99.1 Å². The van der Waals surface area contributed by atoms with Crippen molar-refractivity contribution in [1.82, 2.24) is 0 Å². The van der Waals surface area contributed by atoms with Crippen LogP contribution in [0.1, 0.15) is 61.0 Å². The second-order valence-electron chi connectivity index (χ2n) is 10.4. The molecule has 0 saturated heterocycles. The van der Waals surface area contributed by atoms with Gasteiger partial charge in [-0.15, -0.1) is 0 Å². The number of esters is 3. The van der Waals surface area contributed by atoms with Gasteiger partial charge in [-0.1, -0.05) is 44.2 Å². The summed E-state index contributed by atoms with van der Waals surface area (Å²) in [6.07, 6.45) is -1.96. The molecule has 7 heteroatoms. The van der Waals surface area contributed by atoms with Crippen LogP contribution in [0.2, 0.25) is 0 Å². The molecule has 0 aliphatic heterocycles. The maximum atomic E-state index is 13.5. The van der Waals surface area contributed by atoms with Crippen LogP contribution >= 0.6 is 0 Å². The molecule has 1 N–H and O–H groups in total. The quantitative estimate of drug-likeness (QED) is 0.366. The van der Waals surface area contributed by atoms with Crippen molar-refractivity contribution in [2.24, 2.45) is 17.3 Å². The lowest BCUT2D eigenvalue weighted by Crippen LogP contribution is -2.58. The Bertz CT molecular complexity index is 787. The van der Waals surface area contributed by atoms with Gasteiger partial charge in [-0.25, -0.2) is 0 Å². The zero-order valence-electron chi connectivity index (χ0n) is 20.7. The third kappa shape index (κ3) is 7.05. The Morgan fingerprint density at radius 2 is 1.38 bits per heavy atom. The lowest BCUT2D eigenvalue weighted by Gasteiger charge is -2.39. The van der Waals surface area contributed by atoms with Gasteiger partial charge in [0, 0.05) is 6.42 Å². The molecule has 1 aromatic carbocycles. The second kappa shape index (κ2) is 10.5. The molecule has 0 radical (unpaired) electrons. The van der Waals surface area contributed by atoms with E-state index in [2.05, 4.69) is 0 Å². The maximum Gasteiger partial charge on any atom is 0.327 e. The van der Waals surface area contributed by atoms with Crippen molar-refractivity contribution in [3.63, 3.8) is 0 Å². The van der Waals surface area contributed by atoms with Crippen molar-refractivity contribution >= 4 is 17.9 Å². The molecule has 1 rings (SSSR count). The number of rotatable bonds is 8. The van der Waals surface area contributed by atoms with Crippen LogP contribution in [0.25, 0.3) is 0 Å². The molecular formula is C25H38O7. The van der Waals surface area contributed by atoms with Gasteiger partial charge >= 0.3 is 17.9 Å². The molecule has 0 amide bonds. The minimum Gasteiger partial charge on any atom is -0.468 e. The van der Waals surface area contributed by atoms with Gasteiger partial charge < -0.3 is 19.3 Å². The number of benzene rings is 1. The molecule has 0 aliphatic rings. The van der Waals surface area contributed by atoms with Crippen molar-refractivity contribution in [3.05, 3.63) is 35.9 Å². The van der Waals surface area contributed by atoms with Gasteiger partial charge in [0.25, 0.3) is 0 Å². The van der Waals surface area contributed by atoms with E-state index in [1.165, 1.54) is 0 Å². The fraction of sp³-hybridized carbons (Fsp3) is 0.640. The van der Waals surface area contributed by atoms with Crippen molar-refractivity contribution in [3.8, 4) is 0 Å². The van der Waals surface area contributed by atoms with Crippen molar-refractivity contribution < 1.29 is 33.7 Å². The predicted molar refractivity (Wildman–Crippen MR) is 121 cm³/mol. The Morgan fingerprint density at radius 3 is 1.78 bits per heavy atom. The molecule has 0 aliphatic carbocycles. The lowest BCUT2D eigenvalue weighted by atomic mass is 9.69. The van der Waals surface area contributed by atoms with Gasteiger partial charge in [-0.05, 0) is 53.0 Å². The number of aliphatic hydroxyl groups excluding tert-OH is 1. The Labute approximate surface area is 191 Å². The summed E-state index contributed by atoms with van der Waals surface area (Å²) in [6, 6.07) is 8.77. The Hall–Kier alpha value is -2.41. The van der Waals surface area contributed by atoms with E-state index in [1.807, 2.05) is 0 Å². The van der Waals surface area contributed by atoms with Gasteiger partial charge in [0.15, 0.2) is 5.41 Å². The van der Waals surface area contributed by atoms with Crippen molar-refractivity contribution in [2.75, 3.05) is 7.11 Å². The number of aliphatic hydroxyl groups is 1. The van der Waals surface area contributed by atoms with E-state index in [9.17, 15) is 19.5 Å². The molecular weight excluding hydrogens is 412 g/mol. The Balaban J connectivity index is 3.69. The summed E-state index contributed by atoms with van der Waals surface area (Å²) in [4.78, 5) is 39.8. The first kappa shape index (κ1) is 27.6. The van der Waals surface area contributed by atoms with Crippen LogP contribution in [0.15, 0.2) is 30.3 Å². The van der Waals surface area contributed by atoms with Crippen LogP contribution in [0, 0.1) is 17.3 Å². The molecule has 0 spiro atoms. The van der Waals surface area contributed by atoms with E-state index < -0.39 is 52.5 Å². The first-order valence-electron chi connectivity index (χ1n) is 10.8. The van der Waals surface area contributed by atoms with E-state index in [0.717, 1.165) is 7.11 Å². The summed E-state index contributed by atoms with van der Waals surface area (Å²) in [5.74, 6) is -4.25.